The molecule has 0 saturated heterocycles. The van der Waals surface area contributed by atoms with E-state index in [2.05, 4.69) is 49.2 Å². The fraction of sp³-hybridized carbons (Fsp3) is 0.200. The molecular weight excluding hydrogens is 284 g/mol. The number of nitrogens with zero attached hydrogens (tertiary/aromatic N) is 2. The summed E-state index contributed by atoms with van der Waals surface area (Å²) < 4.78 is 6.10. The molecule has 0 N–H and O–H groups in total. The quantitative estimate of drug-likeness (QED) is 0.476. The molecule has 3 nitrogen and oxygen atoms in total. The molecule has 4 aromatic rings. The molecule has 2 aromatic heterocycles. The molecule has 2 aromatic carbocycles. The van der Waals surface area contributed by atoms with Gasteiger partial charge in [0.1, 0.15) is 11.2 Å². The van der Waals surface area contributed by atoms with Crippen LogP contribution in [0.3, 0.4) is 0 Å². The summed E-state index contributed by atoms with van der Waals surface area (Å²) in [6, 6.07) is 16.4. The maximum atomic E-state index is 6.10. The number of hydrogen-bond acceptors (Lipinski definition) is 3. The summed E-state index contributed by atoms with van der Waals surface area (Å²) in [4.78, 5) is 0. The highest BCUT2D eigenvalue weighted by Gasteiger charge is 2.17. The molecule has 0 bridgehead atoms. The molecule has 0 aliphatic rings. The Bertz CT molecular complexity index is 1010. The highest BCUT2D eigenvalue weighted by Crippen LogP contribution is 2.35. The molecule has 0 saturated carbocycles. The van der Waals surface area contributed by atoms with Crippen molar-refractivity contribution in [3.05, 3.63) is 60.3 Å². The van der Waals surface area contributed by atoms with Gasteiger partial charge >= 0.3 is 0 Å². The predicted octanol–water partition coefficient (Wildman–Crippen LogP) is 5.34. The predicted molar refractivity (Wildman–Crippen MR) is 93.4 cm³/mol. The standard InChI is InChI=1S/C20H18N2O/c1-20(2,3)13-11-17(22-21-12-13)16-9-6-8-15-14-7-4-5-10-18(14)23-19(15)16/h4-12H,1-3H3. The van der Waals surface area contributed by atoms with Crippen molar-refractivity contribution in [2.24, 2.45) is 0 Å². The Labute approximate surface area is 135 Å². The van der Waals surface area contributed by atoms with Crippen molar-refractivity contribution in [3.63, 3.8) is 0 Å². The zero-order chi connectivity index (χ0) is 16.0. The summed E-state index contributed by atoms with van der Waals surface area (Å²) in [5.74, 6) is 0. The second kappa shape index (κ2) is 4.92. The Hall–Kier alpha value is -2.68. The van der Waals surface area contributed by atoms with E-state index in [0.29, 0.717) is 0 Å². The van der Waals surface area contributed by atoms with Crippen LogP contribution in [0.5, 0.6) is 0 Å². The minimum absolute atomic E-state index is 0.0342. The molecule has 4 rings (SSSR count). The average Bonchev–Trinajstić information content (AvgIpc) is 2.93. The van der Waals surface area contributed by atoms with Crippen LogP contribution >= 0.6 is 0 Å². The van der Waals surface area contributed by atoms with Gasteiger partial charge in [-0.25, -0.2) is 0 Å². The fourth-order valence-electron chi connectivity index (χ4n) is 2.86. The zero-order valence-electron chi connectivity index (χ0n) is 13.5. The van der Waals surface area contributed by atoms with Crippen molar-refractivity contribution in [2.75, 3.05) is 0 Å². The van der Waals surface area contributed by atoms with E-state index in [9.17, 15) is 0 Å². The van der Waals surface area contributed by atoms with Gasteiger partial charge in [0, 0.05) is 16.3 Å². The Morgan fingerprint density at radius 1 is 0.913 bits per heavy atom. The van der Waals surface area contributed by atoms with E-state index in [1.165, 1.54) is 0 Å². The Morgan fingerprint density at radius 3 is 2.52 bits per heavy atom. The molecule has 2 heterocycles. The first-order chi connectivity index (χ1) is 11.0. The maximum absolute atomic E-state index is 6.10. The van der Waals surface area contributed by atoms with Gasteiger partial charge in [0.25, 0.3) is 0 Å². The second-order valence-corrected chi connectivity index (χ2v) is 6.86. The molecular formula is C20H18N2O. The molecule has 0 unspecified atom stereocenters. The van der Waals surface area contributed by atoms with Crippen LogP contribution in [0.4, 0.5) is 0 Å². The molecule has 0 aliphatic heterocycles. The van der Waals surface area contributed by atoms with Gasteiger partial charge in [-0.05, 0) is 29.2 Å². The van der Waals surface area contributed by atoms with Gasteiger partial charge in [-0.1, -0.05) is 51.1 Å². The van der Waals surface area contributed by atoms with E-state index in [1.807, 2.05) is 36.5 Å². The smallest absolute Gasteiger partial charge is 0.144 e. The van der Waals surface area contributed by atoms with Crippen LogP contribution in [-0.4, -0.2) is 10.2 Å². The third kappa shape index (κ3) is 2.29. The number of hydrogen-bond donors (Lipinski definition) is 0. The Balaban J connectivity index is 1.99. The number of fused-ring (bicyclic) bond motifs is 3. The van der Waals surface area contributed by atoms with Gasteiger partial charge < -0.3 is 4.42 Å². The summed E-state index contributed by atoms with van der Waals surface area (Å²) in [6.45, 7) is 6.53. The van der Waals surface area contributed by atoms with E-state index in [4.69, 9.17) is 4.42 Å². The lowest BCUT2D eigenvalue weighted by atomic mass is 9.88. The number of aromatic nitrogens is 2. The molecule has 0 spiro atoms. The van der Waals surface area contributed by atoms with Crippen molar-refractivity contribution in [1.82, 2.24) is 10.2 Å². The van der Waals surface area contributed by atoms with Crippen molar-refractivity contribution in [2.45, 2.75) is 26.2 Å². The van der Waals surface area contributed by atoms with Gasteiger partial charge in [0.05, 0.1) is 11.9 Å². The van der Waals surface area contributed by atoms with Gasteiger partial charge in [-0.3, -0.25) is 0 Å². The van der Waals surface area contributed by atoms with Crippen LogP contribution in [0.15, 0.2) is 59.1 Å². The van der Waals surface area contributed by atoms with Crippen LogP contribution in [0.25, 0.3) is 33.2 Å². The van der Waals surface area contributed by atoms with E-state index in [-0.39, 0.29) is 5.41 Å². The topological polar surface area (TPSA) is 38.9 Å². The van der Waals surface area contributed by atoms with Crippen molar-refractivity contribution < 1.29 is 4.42 Å². The summed E-state index contributed by atoms with van der Waals surface area (Å²) >= 11 is 0. The van der Waals surface area contributed by atoms with E-state index in [1.54, 1.807) is 0 Å². The van der Waals surface area contributed by atoms with Crippen molar-refractivity contribution in [3.8, 4) is 11.3 Å². The third-order valence-corrected chi connectivity index (χ3v) is 4.20. The normalized spacial score (nSPS) is 12.1. The van der Waals surface area contributed by atoms with Crippen molar-refractivity contribution in [1.29, 1.82) is 0 Å². The second-order valence-electron chi connectivity index (χ2n) is 6.86. The van der Waals surface area contributed by atoms with Crippen LogP contribution in [0.2, 0.25) is 0 Å². The fourth-order valence-corrected chi connectivity index (χ4v) is 2.86. The highest BCUT2D eigenvalue weighted by molar-refractivity contribution is 6.09. The number of rotatable bonds is 1. The first-order valence-electron chi connectivity index (χ1n) is 7.78. The first kappa shape index (κ1) is 13.9. The maximum Gasteiger partial charge on any atom is 0.144 e. The van der Waals surface area contributed by atoms with E-state index >= 15 is 0 Å². The van der Waals surface area contributed by atoms with Crippen LogP contribution in [0.1, 0.15) is 26.3 Å². The van der Waals surface area contributed by atoms with Gasteiger partial charge in [0.2, 0.25) is 0 Å². The molecule has 114 valence electrons. The van der Waals surface area contributed by atoms with Crippen LogP contribution < -0.4 is 0 Å². The lowest BCUT2D eigenvalue weighted by Crippen LogP contribution is -2.12. The first-order valence-corrected chi connectivity index (χ1v) is 7.78. The minimum Gasteiger partial charge on any atom is -0.455 e. The zero-order valence-corrected chi connectivity index (χ0v) is 13.5. The molecule has 0 aliphatic carbocycles. The molecule has 0 radical (unpaired) electrons. The molecule has 23 heavy (non-hydrogen) atoms. The summed E-state index contributed by atoms with van der Waals surface area (Å²) in [5.41, 5.74) is 4.80. The minimum atomic E-state index is 0.0342. The van der Waals surface area contributed by atoms with Gasteiger partial charge in [-0.2, -0.15) is 10.2 Å². The van der Waals surface area contributed by atoms with Crippen LogP contribution in [0, 0.1) is 0 Å². The third-order valence-electron chi connectivity index (χ3n) is 4.20. The lowest BCUT2D eigenvalue weighted by molar-refractivity contribution is 0.585. The molecule has 0 amide bonds. The number of para-hydroxylation sites is 2. The lowest BCUT2D eigenvalue weighted by Gasteiger charge is -2.18. The SMILES string of the molecule is CC(C)(C)c1cnnc(-c2cccc3c2oc2ccccc23)c1. The van der Waals surface area contributed by atoms with E-state index in [0.717, 1.165) is 38.8 Å². The van der Waals surface area contributed by atoms with E-state index < -0.39 is 0 Å². The summed E-state index contributed by atoms with van der Waals surface area (Å²) in [7, 11) is 0. The molecule has 3 heteroatoms. The van der Waals surface area contributed by atoms with Gasteiger partial charge in [-0.15, -0.1) is 0 Å². The summed E-state index contributed by atoms with van der Waals surface area (Å²) in [5, 5.41) is 10.8. The monoisotopic (exact) mass is 302 g/mol. The highest BCUT2D eigenvalue weighted by atomic mass is 16.3. The Morgan fingerprint density at radius 2 is 1.70 bits per heavy atom. The summed E-state index contributed by atoms with van der Waals surface area (Å²) in [6.07, 6.45) is 1.84. The average molecular weight is 302 g/mol. The molecule has 0 fully saturated rings. The number of furan rings is 1. The largest absolute Gasteiger partial charge is 0.455 e. The van der Waals surface area contributed by atoms with Gasteiger partial charge in [0.15, 0.2) is 0 Å². The molecule has 0 atom stereocenters. The Kier molecular flexibility index (Phi) is 2.98. The van der Waals surface area contributed by atoms with Crippen LogP contribution in [-0.2, 0) is 5.41 Å². The van der Waals surface area contributed by atoms with Crippen molar-refractivity contribution >= 4 is 21.9 Å². The number of benzene rings is 2.